The molecule has 0 aliphatic rings. The molecule has 5 N–H and O–H groups in total. The fourth-order valence-corrected chi connectivity index (χ4v) is 2.90. The Bertz CT molecular complexity index is 769. The van der Waals surface area contributed by atoms with Crippen LogP contribution in [-0.4, -0.2) is 24.5 Å². The molecular formula is C11H12FN5O2S. The van der Waals surface area contributed by atoms with Crippen molar-refractivity contribution in [3.05, 3.63) is 41.5 Å². The molecule has 2 rings (SSSR count). The second kappa shape index (κ2) is 4.93. The van der Waals surface area contributed by atoms with Crippen molar-refractivity contribution in [1.82, 2.24) is 10.2 Å². The topological polar surface area (TPSA) is 125 Å². The van der Waals surface area contributed by atoms with E-state index in [2.05, 4.69) is 14.9 Å². The highest BCUT2D eigenvalue weighted by Gasteiger charge is 2.21. The van der Waals surface area contributed by atoms with Gasteiger partial charge in [-0.2, -0.15) is 5.10 Å². The van der Waals surface area contributed by atoms with E-state index in [0.29, 0.717) is 5.69 Å². The smallest absolute Gasteiger partial charge is 0.265 e. The van der Waals surface area contributed by atoms with Gasteiger partial charge in [0.15, 0.2) is 0 Å². The van der Waals surface area contributed by atoms with Crippen LogP contribution < -0.4 is 10.5 Å². The molecule has 9 heteroatoms. The van der Waals surface area contributed by atoms with Crippen molar-refractivity contribution in [3.8, 4) is 0 Å². The molecule has 0 unspecified atom stereocenters. The standard InChI is InChI=1S/C11H12FN5O2S/c1-6-9(5-15-16-6)20(18,19)17-8-4-2-3-7(12)10(8)11(13)14/h2-5,17H,1H3,(H3,13,14)(H,15,16). The molecule has 0 saturated carbocycles. The number of aryl methyl sites for hydroxylation is 1. The summed E-state index contributed by atoms with van der Waals surface area (Å²) in [6, 6.07) is 3.74. The maximum atomic E-state index is 13.6. The van der Waals surface area contributed by atoms with Gasteiger partial charge in [0.05, 0.1) is 23.1 Å². The number of nitrogens with zero attached hydrogens (tertiary/aromatic N) is 1. The number of H-pyrrole nitrogens is 1. The first-order chi connectivity index (χ1) is 9.33. The van der Waals surface area contributed by atoms with Crippen molar-refractivity contribution in [3.63, 3.8) is 0 Å². The van der Waals surface area contributed by atoms with Gasteiger partial charge in [0, 0.05) is 0 Å². The zero-order valence-corrected chi connectivity index (χ0v) is 11.3. The largest absolute Gasteiger partial charge is 0.384 e. The summed E-state index contributed by atoms with van der Waals surface area (Å²) in [4.78, 5) is -0.0590. The van der Waals surface area contributed by atoms with E-state index in [9.17, 15) is 12.8 Å². The third kappa shape index (κ3) is 2.48. The molecule has 106 valence electrons. The molecule has 2 aromatic rings. The fraction of sp³-hybridized carbons (Fsp3) is 0.0909. The molecule has 1 aromatic heterocycles. The van der Waals surface area contributed by atoms with E-state index in [1.807, 2.05) is 0 Å². The Hall–Kier alpha value is -2.42. The highest BCUT2D eigenvalue weighted by atomic mass is 32.2. The minimum absolute atomic E-state index is 0.0590. The van der Waals surface area contributed by atoms with E-state index < -0.39 is 21.7 Å². The summed E-state index contributed by atoms with van der Waals surface area (Å²) in [7, 11) is -3.94. The van der Waals surface area contributed by atoms with Crippen molar-refractivity contribution in [2.24, 2.45) is 5.73 Å². The van der Waals surface area contributed by atoms with E-state index in [1.165, 1.54) is 12.1 Å². The van der Waals surface area contributed by atoms with Crippen LogP contribution in [-0.2, 0) is 10.0 Å². The van der Waals surface area contributed by atoms with E-state index in [-0.39, 0.29) is 16.1 Å². The van der Waals surface area contributed by atoms with Gasteiger partial charge in [0.25, 0.3) is 10.0 Å². The van der Waals surface area contributed by atoms with E-state index in [4.69, 9.17) is 11.1 Å². The monoisotopic (exact) mass is 297 g/mol. The third-order valence-corrected chi connectivity index (χ3v) is 4.08. The van der Waals surface area contributed by atoms with Gasteiger partial charge in [0.1, 0.15) is 16.5 Å². The predicted molar refractivity (Wildman–Crippen MR) is 71.5 cm³/mol. The van der Waals surface area contributed by atoms with Crippen LogP contribution in [0.15, 0.2) is 29.3 Å². The Morgan fingerprint density at radius 1 is 1.50 bits per heavy atom. The van der Waals surface area contributed by atoms with Gasteiger partial charge in [0.2, 0.25) is 0 Å². The predicted octanol–water partition coefficient (Wildman–Crippen LogP) is 0.942. The van der Waals surface area contributed by atoms with Crippen LogP contribution in [0.5, 0.6) is 0 Å². The zero-order chi connectivity index (χ0) is 14.9. The molecule has 7 nitrogen and oxygen atoms in total. The van der Waals surface area contributed by atoms with Crippen LogP contribution in [0.2, 0.25) is 0 Å². The van der Waals surface area contributed by atoms with Crippen LogP contribution in [0, 0.1) is 18.2 Å². The Labute approximate surface area is 114 Å². The quantitative estimate of drug-likeness (QED) is 0.495. The number of amidine groups is 1. The number of aromatic nitrogens is 2. The number of benzene rings is 1. The third-order valence-electron chi connectivity index (χ3n) is 2.60. The maximum absolute atomic E-state index is 13.6. The average molecular weight is 297 g/mol. The van der Waals surface area contributed by atoms with Crippen LogP contribution in [0.25, 0.3) is 0 Å². The van der Waals surface area contributed by atoms with Gasteiger partial charge < -0.3 is 5.73 Å². The molecule has 0 fully saturated rings. The Morgan fingerprint density at radius 2 is 2.20 bits per heavy atom. The van der Waals surface area contributed by atoms with Gasteiger partial charge in [-0.25, -0.2) is 12.8 Å². The number of nitrogen functional groups attached to an aromatic ring is 1. The second-order valence-corrected chi connectivity index (χ2v) is 5.69. The van der Waals surface area contributed by atoms with E-state index >= 15 is 0 Å². The molecule has 0 spiro atoms. The number of rotatable bonds is 4. The second-order valence-electron chi connectivity index (χ2n) is 4.04. The molecule has 0 radical (unpaired) electrons. The van der Waals surface area contributed by atoms with Gasteiger partial charge in [-0.05, 0) is 19.1 Å². The summed E-state index contributed by atoms with van der Waals surface area (Å²) < 4.78 is 40.2. The molecule has 1 heterocycles. The first kappa shape index (κ1) is 14.0. The summed E-state index contributed by atoms with van der Waals surface area (Å²) in [6.45, 7) is 1.54. The van der Waals surface area contributed by atoms with Gasteiger partial charge in [-0.1, -0.05) is 6.07 Å². The first-order valence-corrected chi connectivity index (χ1v) is 6.97. The molecule has 1 aromatic carbocycles. The minimum Gasteiger partial charge on any atom is -0.384 e. The van der Waals surface area contributed by atoms with Crippen molar-refractivity contribution in [2.75, 3.05) is 4.72 Å². The molecular weight excluding hydrogens is 285 g/mol. The Balaban J connectivity index is 2.48. The highest BCUT2D eigenvalue weighted by Crippen LogP contribution is 2.22. The summed E-state index contributed by atoms with van der Waals surface area (Å²) in [5.74, 6) is -1.34. The van der Waals surface area contributed by atoms with Crippen molar-refractivity contribution in [2.45, 2.75) is 11.8 Å². The molecule has 0 saturated heterocycles. The van der Waals surface area contributed by atoms with Crippen LogP contribution in [0.1, 0.15) is 11.3 Å². The number of aromatic amines is 1. The van der Waals surface area contributed by atoms with Crippen LogP contribution >= 0.6 is 0 Å². The number of nitrogens with two attached hydrogens (primary N) is 1. The van der Waals surface area contributed by atoms with Crippen molar-refractivity contribution < 1.29 is 12.8 Å². The summed E-state index contributed by atoms with van der Waals surface area (Å²) in [5, 5.41) is 13.4. The van der Waals surface area contributed by atoms with Gasteiger partial charge >= 0.3 is 0 Å². The lowest BCUT2D eigenvalue weighted by Gasteiger charge is -2.11. The molecule has 0 aliphatic heterocycles. The lowest BCUT2D eigenvalue weighted by molar-refractivity contribution is 0.600. The van der Waals surface area contributed by atoms with Crippen molar-refractivity contribution in [1.29, 1.82) is 5.41 Å². The molecule has 0 aliphatic carbocycles. The highest BCUT2D eigenvalue weighted by molar-refractivity contribution is 7.92. The van der Waals surface area contributed by atoms with Gasteiger partial charge in [-0.15, -0.1) is 0 Å². The molecule has 20 heavy (non-hydrogen) atoms. The molecule has 0 atom stereocenters. The molecule has 0 amide bonds. The first-order valence-electron chi connectivity index (χ1n) is 5.48. The zero-order valence-electron chi connectivity index (χ0n) is 10.4. The number of hydrogen-bond donors (Lipinski definition) is 4. The summed E-state index contributed by atoms with van der Waals surface area (Å²) in [6.07, 6.45) is 1.14. The normalized spacial score (nSPS) is 11.3. The van der Waals surface area contributed by atoms with E-state index in [1.54, 1.807) is 6.92 Å². The average Bonchev–Trinajstić information content (AvgIpc) is 2.75. The fourth-order valence-electron chi connectivity index (χ4n) is 1.69. The van der Waals surface area contributed by atoms with E-state index in [0.717, 1.165) is 12.3 Å². The molecule has 0 bridgehead atoms. The SMILES string of the molecule is Cc1[nH]ncc1S(=O)(=O)Nc1cccc(F)c1C(=N)N. The minimum atomic E-state index is -3.94. The summed E-state index contributed by atoms with van der Waals surface area (Å²) in [5.41, 5.74) is 5.23. The number of sulfonamides is 1. The lowest BCUT2D eigenvalue weighted by atomic mass is 10.1. The summed E-state index contributed by atoms with van der Waals surface area (Å²) >= 11 is 0. The Kier molecular flexibility index (Phi) is 3.45. The number of hydrogen-bond acceptors (Lipinski definition) is 4. The van der Waals surface area contributed by atoms with Crippen LogP contribution in [0.3, 0.4) is 0 Å². The van der Waals surface area contributed by atoms with Gasteiger partial charge in [-0.3, -0.25) is 15.2 Å². The maximum Gasteiger partial charge on any atom is 0.265 e. The van der Waals surface area contributed by atoms with Crippen molar-refractivity contribution >= 4 is 21.5 Å². The van der Waals surface area contributed by atoms with Crippen LogP contribution in [0.4, 0.5) is 10.1 Å². The number of anilines is 1. The lowest BCUT2D eigenvalue weighted by Crippen LogP contribution is -2.20. The number of nitrogens with one attached hydrogen (secondary N) is 3. The Morgan fingerprint density at radius 3 is 2.75 bits per heavy atom. The number of halogens is 1.